The predicted molar refractivity (Wildman–Crippen MR) is 25.4 cm³/mol. The summed E-state index contributed by atoms with van der Waals surface area (Å²) in [7, 11) is -1.44. The number of hydrogen-bond acceptors (Lipinski definition) is 2. The third-order valence-electron chi connectivity index (χ3n) is 0.175. The summed E-state index contributed by atoms with van der Waals surface area (Å²) in [5, 5.41) is 0. The van der Waals surface area contributed by atoms with E-state index >= 15 is 0 Å². The van der Waals surface area contributed by atoms with Gasteiger partial charge in [0.2, 0.25) is 0 Å². The van der Waals surface area contributed by atoms with E-state index in [0.717, 1.165) is 0 Å². The van der Waals surface area contributed by atoms with Crippen LogP contribution in [0.5, 0.6) is 0 Å². The quantitative estimate of drug-likeness (QED) is 0.370. The molecule has 6 heavy (non-hydrogen) atoms. The molecule has 0 aromatic heterocycles. The van der Waals surface area contributed by atoms with Crippen LogP contribution in [0.2, 0.25) is 0 Å². The summed E-state index contributed by atoms with van der Waals surface area (Å²) in [6.45, 7) is 0. The first kappa shape index (κ1) is 10.2. The Morgan fingerprint density at radius 1 is 1.83 bits per heavy atom. The molecule has 0 heterocycles. The van der Waals surface area contributed by atoms with Crippen LogP contribution in [-0.2, 0) is 9.09 Å². The van der Waals surface area contributed by atoms with Crippen LogP contribution in [0, 0.1) is 0 Å². The molecule has 3 nitrogen and oxygen atoms in total. The van der Waals surface area contributed by atoms with Gasteiger partial charge in [-0.2, -0.15) is 0 Å². The fourth-order valence-corrected chi connectivity index (χ4v) is 0. The molecule has 0 radical (unpaired) electrons. The van der Waals surface area contributed by atoms with E-state index in [-0.39, 0.29) is 29.6 Å². The van der Waals surface area contributed by atoms with Gasteiger partial charge in [-0.1, -0.05) is 0 Å². The van der Waals surface area contributed by atoms with Crippen LogP contribution < -0.4 is 0 Å². The number of hydrogen-bond donors (Lipinski definition) is 1. The second-order valence-electron chi connectivity index (χ2n) is 0.470. The molecule has 0 aromatic carbocycles. The van der Waals surface area contributed by atoms with Gasteiger partial charge in [0.05, 0.1) is 0 Å². The SMILES string of the molecule is CO[PH](=O)O.[NaH]. The van der Waals surface area contributed by atoms with Crippen LogP contribution in [0.3, 0.4) is 0 Å². The van der Waals surface area contributed by atoms with Crippen molar-refractivity contribution in [3.8, 4) is 0 Å². The first-order valence-corrected chi connectivity index (χ1v) is 2.30. The van der Waals surface area contributed by atoms with E-state index in [1.807, 2.05) is 0 Å². The summed E-state index contributed by atoms with van der Waals surface area (Å²) in [4.78, 5) is 7.69. The average Bonchev–Trinajstić information content (AvgIpc) is 1.38. The van der Waals surface area contributed by atoms with Crippen molar-refractivity contribution < 1.29 is 14.0 Å². The Morgan fingerprint density at radius 2 is 2.00 bits per heavy atom. The Morgan fingerprint density at radius 3 is 2.00 bits per heavy atom. The van der Waals surface area contributed by atoms with Gasteiger partial charge in [-0.3, -0.25) is 4.57 Å². The van der Waals surface area contributed by atoms with Gasteiger partial charge in [0.15, 0.2) is 0 Å². The molecule has 0 spiro atoms. The average molecular weight is 120 g/mol. The summed E-state index contributed by atoms with van der Waals surface area (Å²) < 4.78 is 13.2. The van der Waals surface area contributed by atoms with E-state index in [1.165, 1.54) is 7.11 Å². The fraction of sp³-hybridized carbons (Fsp3) is 1.00. The monoisotopic (exact) mass is 120 g/mol. The van der Waals surface area contributed by atoms with Gasteiger partial charge in [0.25, 0.3) is 0 Å². The Kier molecular flexibility index (Phi) is 10.5. The first-order valence-electron chi connectivity index (χ1n) is 1.04. The van der Waals surface area contributed by atoms with Crippen molar-refractivity contribution in [3.63, 3.8) is 0 Å². The van der Waals surface area contributed by atoms with E-state index in [9.17, 15) is 4.57 Å². The third-order valence-corrected chi connectivity index (χ3v) is 0.524. The molecule has 0 aliphatic heterocycles. The van der Waals surface area contributed by atoms with Crippen LogP contribution >= 0.6 is 8.25 Å². The fourth-order valence-electron chi connectivity index (χ4n) is 0. The summed E-state index contributed by atoms with van der Waals surface area (Å²) in [6.07, 6.45) is 0. The van der Waals surface area contributed by atoms with Gasteiger partial charge in [-0.25, -0.2) is 0 Å². The van der Waals surface area contributed by atoms with Crippen LogP contribution in [0.1, 0.15) is 0 Å². The van der Waals surface area contributed by atoms with Gasteiger partial charge in [-0.15, -0.1) is 0 Å². The Hall–Kier alpha value is 1.15. The summed E-state index contributed by atoms with van der Waals surface area (Å²) in [5.74, 6) is 0. The molecular formula is CH6NaO3P. The molecule has 0 aliphatic carbocycles. The Bertz CT molecular complexity index is 46.1. The molecule has 0 amide bonds. The van der Waals surface area contributed by atoms with Gasteiger partial charge in [-0.05, 0) is 0 Å². The maximum atomic E-state index is 9.33. The van der Waals surface area contributed by atoms with Gasteiger partial charge >= 0.3 is 37.8 Å². The molecule has 1 N–H and O–H groups in total. The zero-order chi connectivity index (χ0) is 4.28. The van der Waals surface area contributed by atoms with Crippen LogP contribution in [-0.4, -0.2) is 41.6 Å². The second-order valence-corrected chi connectivity index (χ2v) is 1.41. The zero-order valence-corrected chi connectivity index (χ0v) is 3.76. The third kappa shape index (κ3) is 8.94. The summed E-state index contributed by atoms with van der Waals surface area (Å²) in [6, 6.07) is 0. The zero-order valence-electron chi connectivity index (χ0n) is 2.76. The molecule has 0 aliphatic rings. The van der Waals surface area contributed by atoms with E-state index in [1.54, 1.807) is 0 Å². The second kappa shape index (κ2) is 6.15. The molecule has 0 saturated heterocycles. The van der Waals surface area contributed by atoms with Crippen molar-refractivity contribution in [3.05, 3.63) is 0 Å². The summed E-state index contributed by atoms with van der Waals surface area (Å²) in [5.41, 5.74) is 0. The van der Waals surface area contributed by atoms with E-state index in [0.29, 0.717) is 0 Å². The van der Waals surface area contributed by atoms with Crippen molar-refractivity contribution in [1.29, 1.82) is 0 Å². The van der Waals surface area contributed by atoms with Crippen molar-refractivity contribution in [2.75, 3.05) is 7.11 Å². The van der Waals surface area contributed by atoms with E-state index in [4.69, 9.17) is 4.89 Å². The number of rotatable bonds is 1. The standard InChI is InChI=1S/CH5O3P.Na.H/c1-4-5(2)3;;/h5H,1H3,(H,2,3);;. The molecule has 0 bridgehead atoms. The molecule has 1 atom stereocenters. The van der Waals surface area contributed by atoms with E-state index < -0.39 is 8.25 Å². The van der Waals surface area contributed by atoms with Crippen molar-refractivity contribution in [2.24, 2.45) is 0 Å². The molecule has 0 aromatic rings. The minimum atomic E-state index is -2.62. The normalized spacial score (nSPS) is 12.3. The van der Waals surface area contributed by atoms with Gasteiger partial charge < -0.3 is 9.42 Å². The van der Waals surface area contributed by atoms with Crippen molar-refractivity contribution in [2.45, 2.75) is 0 Å². The van der Waals surface area contributed by atoms with Crippen LogP contribution in [0.15, 0.2) is 0 Å². The molecule has 34 valence electrons. The molecule has 0 rings (SSSR count). The topological polar surface area (TPSA) is 46.5 Å². The minimum absolute atomic E-state index is 0. The Balaban J connectivity index is 0. The maximum absolute atomic E-state index is 9.33. The van der Waals surface area contributed by atoms with Crippen LogP contribution in [0.4, 0.5) is 0 Å². The first-order chi connectivity index (χ1) is 2.27. The summed E-state index contributed by atoms with van der Waals surface area (Å²) >= 11 is 0. The van der Waals surface area contributed by atoms with Crippen molar-refractivity contribution >= 4 is 37.8 Å². The Labute approximate surface area is 58.9 Å². The molecule has 0 saturated carbocycles. The van der Waals surface area contributed by atoms with Crippen molar-refractivity contribution in [1.82, 2.24) is 0 Å². The van der Waals surface area contributed by atoms with Crippen LogP contribution in [0.25, 0.3) is 0 Å². The molecular weight excluding hydrogens is 114 g/mol. The van der Waals surface area contributed by atoms with Gasteiger partial charge in [0, 0.05) is 7.11 Å². The molecule has 1 unspecified atom stereocenters. The van der Waals surface area contributed by atoms with E-state index in [2.05, 4.69) is 4.52 Å². The van der Waals surface area contributed by atoms with Gasteiger partial charge in [0.1, 0.15) is 0 Å². The molecule has 0 fully saturated rings. The predicted octanol–water partition coefficient (Wildman–Crippen LogP) is -0.634. The molecule has 5 heteroatoms.